The number of amides is 2. The lowest BCUT2D eigenvalue weighted by Gasteiger charge is -2.32. The second-order valence-electron chi connectivity index (χ2n) is 8.00. The van der Waals surface area contributed by atoms with E-state index in [0.29, 0.717) is 39.3 Å². The molecule has 2 saturated heterocycles. The molecule has 4 rings (SSSR count). The number of halogens is 2. The maximum absolute atomic E-state index is 14.8. The van der Waals surface area contributed by atoms with Gasteiger partial charge in [-0.1, -0.05) is 0 Å². The Bertz CT molecular complexity index is 1100. The number of anilines is 4. The van der Waals surface area contributed by atoms with Crippen molar-refractivity contribution in [3.63, 3.8) is 0 Å². The SMILES string of the molecule is NC(=O)c1cc(F)c(N[C@@H]2CCOC[C@@H]2NC(=O)O)nc1Nc1cnc(N2CCOCC2)c(F)c1. The Kier molecular flexibility index (Phi) is 7.41. The zero-order chi connectivity index (χ0) is 24.9. The van der Waals surface area contributed by atoms with Gasteiger partial charge in [0.15, 0.2) is 23.3 Å². The van der Waals surface area contributed by atoms with Crippen molar-refractivity contribution in [3.05, 3.63) is 35.5 Å². The molecule has 0 radical (unpaired) electrons. The van der Waals surface area contributed by atoms with Gasteiger partial charge in [-0.2, -0.15) is 0 Å². The Morgan fingerprint density at radius 1 is 1.09 bits per heavy atom. The fraction of sp³-hybridized carbons (Fsp3) is 0.429. The molecule has 2 aromatic rings. The van der Waals surface area contributed by atoms with E-state index in [1.165, 1.54) is 12.3 Å². The van der Waals surface area contributed by atoms with Gasteiger partial charge in [0, 0.05) is 25.8 Å². The standard InChI is InChI=1S/C21H25F2N7O5/c22-13-8-12(17(24)31)18(29-19(13)27-15-1-4-35-10-16(15)28-21(32)33)26-11-7-14(23)20(25-9-11)30-2-5-34-6-3-30/h7-9,15-16,28H,1-6,10H2,(H2,24,31)(H,32,33)(H2,26,27,29)/t15-,16+/m1/s1. The fourth-order valence-corrected chi connectivity index (χ4v) is 3.90. The molecule has 0 aromatic carbocycles. The molecule has 12 nitrogen and oxygen atoms in total. The van der Waals surface area contributed by atoms with Crippen molar-refractivity contribution in [1.29, 1.82) is 0 Å². The van der Waals surface area contributed by atoms with Crippen LogP contribution in [0.2, 0.25) is 0 Å². The number of pyridine rings is 2. The minimum atomic E-state index is -1.25. The molecular formula is C21H25F2N7O5. The monoisotopic (exact) mass is 493 g/mol. The molecule has 4 heterocycles. The van der Waals surface area contributed by atoms with Crippen molar-refractivity contribution in [2.75, 3.05) is 55.1 Å². The summed E-state index contributed by atoms with van der Waals surface area (Å²) in [6.07, 6.45) is 0.495. The number of rotatable bonds is 7. The Morgan fingerprint density at radius 3 is 2.54 bits per heavy atom. The van der Waals surface area contributed by atoms with Crippen LogP contribution >= 0.6 is 0 Å². The lowest BCUT2D eigenvalue weighted by Crippen LogP contribution is -2.52. The van der Waals surface area contributed by atoms with Gasteiger partial charge in [-0.3, -0.25) is 4.79 Å². The molecule has 188 valence electrons. The first-order chi connectivity index (χ1) is 16.8. The minimum absolute atomic E-state index is 0.0938. The third-order valence-electron chi connectivity index (χ3n) is 5.62. The molecule has 2 fully saturated rings. The molecule has 2 aromatic heterocycles. The summed E-state index contributed by atoms with van der Waals surface area (Å²) in [5.74, 6) is -2.59. The third-order valence-corrected chi connectivity index (χ3v) is 5.62. The van der Waals surface area contributed by atoms with Crippen LogP contribution in [0.3, 0.4) is 0 Å². The van der Waals surface area contributed by atoms with Crippen molar-refractivity contribution in [2.24, 2.45) is 5.73 Å². The van der Waals surface area contributed by atoms with E-state index in [1.54, 1.807) is 4.90 Å². The van der Waals surface area contributed by atoms with Crippen LogP contribution in [0.5, 0.6) is 0 Å². The minimum Gasteiger partial charge on any atom is -0.465 e. The highest BCUT2D eigenvalue weighted by molar-refractivity contribution is 5.98. The van der Waals surface area contributed by atoms with Crippen LogP contribution in [-0.2, 0) is 9.47 Å². The van der Waals surface area contributed by atoms with Crippen LogP contribution in [-0.4, -0.2) is 78.7 Å². The number of hydrogen-bond acceptors (Lipinski definition) is 9. The fourth-order valence-electron chi connectivity index (χ4n) is 3.90. The first-order valence-electron chi connectivity index (χ1n) is 10.9. The first kappa shape index (κ1) is 24.3. The number of carboxylic acid groups (broad SMARTS) is 1. The molecule has 0 saturated carbocycles. The van der Waals surface area contributed by atoms with E-state index >= 15 is 0 Å². The smallest absolute Gasteiger partial charge is 0.405 e. The molecule has 0 bridgehead atoms. The van der Waals surface area contributed by atoms with E-state index in [4.69, 9.17) is 20.3 Å². The van der Waals surface area contributed by atoms with Crippen molar-refractivity contribution in [2.45, 2.75) is 18.5 Å². The molecule has 14 heteroatoms. The number of carbonyl (C=O) groups is 2. The van der Waals surface area contributed by atoms with E-state index < -0.39 is 35.7 Å². The maximum atomic E-state index is 14.8. The van der Waals surface area contributed by atoms with Gasteiger partial charge < -0.3 is 41.2 Å². The average Bonchev–Trinajstić information content (AvgIpc) is 2.82. The van der Waals surface area contributed by atoms with Gasteiger partial charge >= 0.3 is 6.09 Å². The quantitative estimate of drug-likeness (QED) is 0.379. The van der Waals surface area contributed by atoms with Crippen molar-refractivity contribution in [3.8, 4) is 0 Å². The summed E-state index contributed by atoms with van der Waals surface area (Å²) in [5, 5.41) is 17.0. The topological polar surface area (TPSA) is 164 Å². The summed E-state index contributed by atoms with van der Waals surface area (Å²) in [6.45, 7) is 2.36. The number of hydrogen-bond donors (Lipinski definition) is 5. The largest absolute Gasteiger partial charge is 0.465 e. The molecule has 0 unspecified atom stereocenters. The molecule has 2 aliphatic heterocycles. The maximum Gasteiger partial charge on any atom is 0.405 e. The highest BCUT2D eigenvalue weighted by atomic mass is 19.1. The van der Waals surface area contributed by atoms with Gasteiger partial charge in [0.2, 0.25) is 0 Å². The molecular weight excluding hydrogens is 468 g/mol. The average molecular weight is 493 g/mol. The second kappa shape index (κ2) is 10.7. The van der Waals surface area contributed by atoms with Crippen LogP contribution in [0.15, 0.2) is 18.3 Å². The highest BCUT2D eigenvalue weighted by Gasteiger charge is 2.29. The van der Waals surface area contributed by atoms with Crippen molar-refractivity contribution in [1.82, 2.24) is 15.3 Å². The lowest BCUT2D eigenvalue weighted by molar-refractivity contribution is 0.0625. The van der Waals surface area contributed by atoms with Crippen molar-refractivity contribution >= 4 is 35.1 Å². The van der Waals surface area contributed by atoms with E-state index in [1.807, 2.05) is 0 Å². The van der Waals surface area contributed by atoms with Gasteiger partial charge in [-0.25, -0.2) is 23.5 Å². The molecule has 2 amide bonds. The number of nitrogens with one attached hydrogen (secondary N) is 3. The molecule has 2 aliphatic rings. The Morgan fingerprint density at radius 2 is 1.86 bits per heavy atom. The van der Waals surface area contributed by atoms with Gasteiger partial charge in [0.05, 0.1) is 49.4 Å². The zero-order valence-corrected chi connectivity index (χ0v) is 18.6. The molecule has 2 atom stereocenters. The van der Waals surface area contributed by atoms with Gasteiger partial charge in [-0.05, 0) is 12.5 Å². The molecule has 35 heavy (non-hydrogen) atoms. The Balaban J connectivity index is 1.58. The summed E-state index contributed by atoms with van der Waals surface area (Å²) in [6, 6.07) is 0.915. The summed E-state index contributed by atoms with van der Waals surface area (Å²) in [4.78, 5) is 33.1. The Labute approximate surface area is 198 Å². The van der Waals surface area contributed by atoms with Crippen LogP contribution in [0.1, 0.15) is 16.8 Å². The van der Waals surface area contributed by atoms with Gasteiger partial charge in [0.25, 0.3) is 5.91 Å². The number of nitrogens with two attached hydrogens (primary N) is 1. The lowest BCUT2D eigenvalue weighted by atomic mass is 10.0. The predicted octanol–water partition coefficient (Wildman–Crippen LogP) is 1.27. The molecule has 6 N–H and O–H groups in total. The van der Waals surface area contributed by atoms with E-state index in [2.05, 4.69) is 25.9 Å². The van der Waals surface area contributed by atoms with Crippen LogP contribution in [0, 0.1) is 11.6 Å². The second-order valence-corrected chi connectivity index (χ2v) is 8.00. The van der Waals surface area contributed by atoms with Crippen LogP contribution < -0.4 is 26.6 Å². The number of aromatic nitrogens is 2. The number of ether oxygens (including phenoxy) is 2. The van der Waals surface area contributed by atoms with Crippen LogP contribution in [0.4, 0.5) is 36.7 Å². The van der Waals surface area contributed by atoms with E-state index in [0.717, 1.165) is 6.07 Å². The predicted molar refractivity (Wildman–Crippen MR) is 121 cm³/mol. The highest BCUT2D eigenvalue weighted by Crippen LogP contribution is 2.27. The molecule has 0 spiro atoms. The first-order valence-corrected chi connectivity index (χ1v) is 10.9. The van der Waals surface area contributed by atoms with Gasteiger partial charge in [0.1, 0.15) is 5.82 Å². The van der Waals surface area contributed by atoms with Crippen LogP contribution in [0.25, 0.3) is 0 Å². The zero-order valence-electron chi connectivity index (χ0n) is 18.6. The van der Waals surface area contributed by atoms with Gasteiger partial charge in [-0.15, -0.1) is 0 Å². The molecule has 0 aliphatic carbocycles. The number of carbonyl (C=O) groups excluding carboxylic acids is 1. The summed E-state index contributed by atoms with van der Waals surface area (Å²) >= 11 is 0. The van der Waals surface area contributed by atoms with E-state index in [-0.39, 0.29) is 35.3 Å². The third kappa shape index (κ3) is 5.84. The summed E-state index contributed by atoms with van der Waals surface area (Å²) in [7, 11) is 0. The Hall–Kier alpha value is -3.78. The number of morpholine rings is 1. The summed E-state index contributed by atoms with van der Waals surface area (Å²) in [5.41, 5.74) is 5.31. The number of primary amides is 1. The van der Waals surface area contributed by atoms with Crippen molar-refractivity contribution < 1.29 is 33.0 Å². The number of nitrogens with zero attached hydrogens (tertiary/aromatic N) is 3. The normalized spacial score (nSPS) is 20.2. The summed E-state index contributed by atoms with van der Waals surface area (Å²) < 4.78 is 40.1. The van der Waals surface area contributed by atoms with E-state index in [9.17, 15) is 18.4 Å².